The van der Waals surface area contributed by atoms with Gasteiger partial charge in [0.2, 0.25) is 0 Å². The molecule has 150 valence electrons. The number of hydrogen-bond acceptors (Lipinski definition) is 3. The van der Waals surface area contributed by atoms with E-state index in [0.717, 1.165) is 36.6 Å². The Morgan fingerprint density at radius 3 is 2.36 bits per heavy atom. The fraction of sp³-hybridized carbons (Fsp3) is 0.409. The highest BCUT2D eigenvalue weighted by Gasteiger charge is 2.24. The normalized spacial score (nSPS) is 15.6. The van der Waals surface area contributed by atoms with E-state index >= 15 is 0 Å². The molecule has 0 saturated heterocycles. The fourth-order valence-corrected chi connectivity index (χ4v) is 3.49. The standard InChI is InChI=1S/C22H27FN2O3/c1-3-27-20-11-17-9-10-25(14-18(17)12-21(20)28-4-2)15-22(26)24-13-16-5-7-19(23)8-6-16/h5-8,11-12H,3-4,9-10,13-15H2,1-2H3,(H,24,26)/p+1. The first kappa shape index (κ1) is 20.1. The van der Waals surface area contributed by atoms with Crippen LogP contribution < -0.4 is 19.7 Å². The molecule has 1 aliphatic heterocycles. The maximum Gasteiger partial charge on any atom is 0.275 e. The van der Waals surface area contributed by atoms with Crippen LogP contribution in [0.4, 0.5) is 4.39 Å². The average molecular weight is 387 g/mol. The summed E-state index contributed by atoms with van der Waals surface area (Å²) >= 11 is 0. The Balaban J connectivity index is 1.58. The molecule has 5 nitrogen and oxygen atoms in total. The van der Waals surface area contributed by atoms with Crippen molar-refractivity contribution in [2.24, 2.45) is 0 Å². The first-order chi connectivity index (χ1) is 13.6. The van der Waals surface area contributed by atoms with Gasteiger partial charge >= 0.3 is 0 Å². The van der Waals surface area contributed by atoms with E-state index in [1.807, 2.05) is 13.8 Å². The van der Waals surface area contributed by atoms with Crippen molar-refractivity contribution in [2.45, 2.75) is 33.4 Å². The van der Waals surface area contributed by atoms with E-state index in [4.69, 9.17) is 9.47 Å². The number of nitrogens with one attached hydrogen (secondary N) is 2. The number of carbonyl (C=O) groups is 1. The van der Waals surface area contributed by atoms with Crippen LogP contribution in [0.15, 0.2) is 36.4 Å². The van der Waals surface area contributed by atoms with Gasteiger partial charge in [0.25, 0.3) is 5.91 Å². The smallest absolute Gasteiger partial charge is 0.275 e. The van der Waals surface area contributed by atoms with Gasteiger partial charge in [-0.3, -0.25) is 4.79 Å². The van der Waals surface area contributed by atoms with Gasteiger partial charge in [0.1, 0.15) is 12.4 Å². The number of benzene rings is 2. The lowest BCUT2D eigenvalue weighted by Gasteiger charge is -2.26. The van der Waals surface area contributed by atoms with E-state index in [1.165, 1.54) is 28.2 Å². The van der Waals surface area contributed by atoms with Crippen molar-refractivity contribution in [1.82, 2.24) is 5.32 Å². The van der Waals surface area contributed by atoms with Crippen LogP contribution in [0.1, 0.15) is 30.5 Å². The number of halogens is 1. The number of rotatable bonds is 8. The molecule has 2 N–H and O–H groups in total. The molecule has 1 unspecified atom stereocenters. The molecule has 0 saturated carbocycles. The molecule has 2 aromatic carbocycles. The topological polar surface area (TPSA) is 52.0 Å². The second-order valence-corrected chi connectivity index (χ2v) is 6.94. The van der Waals surface area contributed by atoms with Crippen LogP contribution in [-0.2, 0) is 24.3 Å². The summed E-state index contributed by atoms with van der Waals surface area (Å²) in [4.78, 5) is 13.5. The summed E-state index contributed by atoms with van der Waals surface area (Å²) < 4.78 is 24.4. The van der Waals surface area contributed by atoms with Crippen molar-refractivity contribution in [3.8, 4) is 11.5 Å². The molecule has 2 aromatic rings. The Hall–Kier alpha value is -2.60. The molecular weight excluding hydrogens is 359 g/mol. The molecule has 6 heteroatoms. The largest absolute Gasteiger partial charge is 0.490 e. The van der Waals surface area contributed by atoms with Crippen molar-refractivity contribution >= 4 is 5.91 Å². The molecule has 3 rings (SSSR count). The van der Waals surface area contributed by atoms with Gasteiger partial charge in [-0.05, 0) is 49.2 Å². The second kappa shape index (κ2) is 9.55. The van der Waals surface area contributed by atoms with Gasteiger partial charge in [0.05, 0.1) is 19.8 Å². The maximum absolute atomic E-state index is 13.0. The zero-order valence-corrected chi connectivity index (χ0v) is 16.5. The van der Waals surface area contributed by atoms with Crippen LogP contribution in [0.25, 0.3) is 0 Å². The van der Waals surface area contributed by atoms with Crippen LogP contribution in [0.5, 0.6) is 11.5 Å². The van der Waals surface area contributed by atoms with Crippen molar-refractivity contribution in [2.75, 3.05) is 26.3 Å². The zero-order valence-electron chi connectivity index (χ0n) is 16.5. The van der Waals surface area contributed by atoms with Crippen molar-refractivity contribution < 1.29 is 23.6 Å². The van der Waals surface area contributed by atoms with Crippen LogP contribution in [0.2, 0.25) is 0 Å². The van der Waals surface area contributed by atoms with Crippen LogP contribution >= 0.6 is 0 Å². The van der Waals surface area contributed by atoms with E-state index in [1.54, 1.807) is 12.1 Å². The summed E-state index contributed by atoms with van der Waals surface area (Å²) in [5, 5.41) is 2.92. The van der Waals surface area contributed by atoms with Crippen molar-refractivity contribution in [3.05, 3.63) is 58.9 Å². The van der Waals surface area contributed by atoms with Gasteiger partial charge in [-0.1, -0.05) is 12.1 Å². The Bertz CT molecular complexity index is 808. The zero-order chi connectivity index (χ0) is 19.9. The predicted octanol–water partition coefficient (Wildman–Crippen LogP) is 1.88. The third kappa shape index (κ3) is 5.23. The molecule has 0 aliphatic carbocycles. The lowest BCUT2D eigenvalue weighted by Crippen LogP contribution is -3.12. The summed E-state index contributed by atoms with van der Waals surface area (Å²) in [5.74, 6) is 1.29. The van der Waals surface area contributed by atoms with Gasteiger partial charge in [-0.25, -0.2) is 4.39 Å². The molecule has 0 spiro atoms. The molecule has 0 fully saturated rings. The summed E-state index contributed by atoms with van der Waals surface area (Å²) in [7, 11) is 0. The number of carbonyl (C=O) groups excluding carboxylic acids is 1. The van der Waals surface area contributed by atoms with Gasteiger partial charge in [0.15, 0.2) is 18.0 Å². The van der Waals surface area contributed by atoms with E-state index in [9.17, 15) is 9.18 Å². The first-order valence-corrected chi connectivity index (χ1v) is 9.85. The second-order valence-electron chi connectivity index (χ2n) is 6.94. The SMILES string of the molecule is CCOc1cc2c(cc1OCC)C[NH+](CC(=O)NCc1ccc(F)cc1)CC2. The van der Waals surface area contributed by atoms with Crippen LogP contribution in [0, 0.1) is 5.82 Å². The monoisotopic (exact) mass is 387 g/mol. The van der Waals surface area contributed by atoms with E-state index < -0.39 is 0 Å². The molecule has 0 aromatic heterocycles. The number of hydrogen-bond donors (Lipinski definition) is 2. The number of ether oxygens (including phenoxy) is 2. The van der Waals surface area contributed by atoms with E-state index in [2.05, 4.69) is 17.4 Å². The number of quaternary nitrogens is 1. The lowest BCUT2D eigenvalue weighted by atomic mass is 9.98. The predicted molar refractivity (Wildman–Crippen MR) is 105 cm³/mol. The molecule has 1 heterocycles. The Labute approximate surface area is 165 Å². The lowest BCUT2D eigenvalue weighted by molar-refractivity contribution is -0.908. The average Bonchev–Trinajstić information content (AvgIpc) is 2.68. The molecule has 0 radical (unpaired) electrons. The Morgan fingerprint density at radius 2 is 1.71 bits per heavy atom. The minimum atomic E-state index is -0.273. The van der Waals surface area contributed by atoms with Crippen molar-refractivity contribution in [3.63, 3.8) is 0 Å². The highest BCUT2D eigenvalue weighted by atomic mass is 19.1. The van der Waals surface area contributed by atoms with E-state index in [0.29, 0.717) is 26.3 Å². The Kier molecular flexibility index (Phi) is 6.87. The third-order valence-corrected chi connectivity index (χ3v) is 4.87. The fourth-order valence-electron chi connectivity index (χ4n) is 3.49. The minimum absolute atomic E-state index is 0.00116. The molecule has 0 bridgehead atoms. The van der Waals surface area contributed by atoms with Gasteiger partial charge < -0.3 is 19.7 Å². The highest BCUT2D eigenvalue weighted by Crippen LogP contribution is 2.32. The molecule has 1 aliphatic rings. The highest BCUT2D eigenvalue weighted by molar-refractivity contribution is 5.76. The maximum atomic E-state index is 13.0. The summed E-state index contributed by atoms with van der Waals surface area (Å²) in [5.41, 5.74) is 3.36. The minimum Gasteiger partial charge on any atom is -0.490 e. The van der Waals surface area contributed by atoms with E-state index in [-0.39, 0.29) is 11.7 Å². The van der Waals surface area contributed by atoms with Crippen molar-refractivity contribution in [1.29, 1.82) is 0 Å². The molecule has 28 heavy (non-hydrogen) atoms. The number of amides is 1. The summed E-state index contributed by atoms with van der Waals surface area (Å²) in [6, 6.07) is 10.3. The first-order valence-electron chi connectivity index (χ1n) is 9.85. The number of fused-ring (bicyclic) bond motifs is 1. The summed E-state index contributed by atoms with van der Waals surface area (Å²) in [6.07, 6.45) is 0.905. The van der Waals surface area contributed by atoms with Gasteiger partial charge in [-0.2, -0.15) is 0 Å². The van der Waals surface area contributed by atoms with Gasteiger partial charge in [-0.15, -0.1) is 0 Å². The van der Waals surface area contributed by atoms with Crippen LogP contribution in [-0.4, -0.2) is 32.2 Å². The Morgan fingerprint density at radius 1 is 1.07 bits per heavy atom. The molecular formula is C22H28FN2O3+. The van der Waals surface area contributed by atoms with Gasteiger partial charge in [0, 0.05) is 18.5 Å². The molecule has 1 atom stereocenters. The molecule has 1 amide bonds. The third-order valence-electron chi connectivity index (χ3n) is 4.87. The van der Waals surface area contributed by atoms with Crippen LogP contribution in [0.3, 0.4) is 0 Å². The summed E-state index contributed by atoms with van der Waals surface area (Å²) in [6.45, 7) is 7.62. The quantitative estimate of drug-likeness (QED) is 0.727.